The molecule has 2 aromatic rings. The van der Waals surface area contributed by atoms with Gasteiger partial charge < -0.3 is 19.9 Å². The van der Waals surface area contributed by atoms with Crippen LogP contribution in [0, 0.1) is 5.82 Å². The number of benzene rings is 1. The average Bonchev–Trinajstić information content (AvgIpc) is 2.54. The molecule has 7 nitrogen and oxygen atoms in total. The van der Waals surface area contributed by atoms with Gasteiger partial charge in [0.25, 0.3) is 5.91 Å². The van der Waals surface area contributed by atoms with Crippen molar-refractivity contribution >= 4 is 23.4 Å². The van der Waals surface area contributed by atoms with Gasteiger partial charge in [0, 0.05) is 28.2 Å². The zero-order valence-corrected chi connectivity index (χ0v) is 14.1. The van der Waals surface area contributed by atoms with Crippen LogP contribution in [0.4, 0.5) is 21.8 Å². The summed E-state index contributed by atoms with van der Waals surface area (Å²) in [6.07, 6.45) is 1.53. The Hall–Kier alpha value is -2.90. The minimum absolute atomic E-state index is 0.0275. The third-order valence-corrected chi connectivity index (χ3v) is 3.05. The van der Waals surface area contributed by atoms with Crippen molar-refractivity contribution in [1.29, 1.82) is 0 Å². The summed E-state index contributed by atoms with van der Waals surface area (Å²) in [4.78, 5) is 24.1. The summed E-state index contributed by atoms with van der Waals surface area (Å²) in [7, 11) is 7.28. The van der Waals surface area contributed by atoms with E-state index < -0.39 is 11.7 Å². The van der Waals surface area contributed by atoms with Gasteiger partial charge in [0.2, 0.25) is 5.95 Å². The molecule has 0 saturated heterocycles. The lowest BCUT2D eigenvalue weighted by molar-refractivity contribution is -0.118. The van der Waals surface area contributed by atoms with E-state index in [1.165, 1.54) is 18.3 Å². The van der Waals surface area contributed by atoms with Crippen LogP contribution in [0.25, 0.3) is 0 Å². The first-order chi connectivity index (χ1) is 11.4. The van der Waals surface area contributed by atoms with E-state index in [0.29, 0.717) is 17.5 Å². The number of nitrogens with one attached hydrogen (secondary N) is 1. The highest BCUT2D eigenvalue weighted by Gasteiger charge is 2.14. The number of nitrogens with zero attached hydrogens (tertiary/aromatic N) is 4. The van der Waals surface area contributed by atoms with Crippen molar-refractivity contribution in [1.82, 2.24) is 9.97 Å². The van der Waals surface area contributed by atoms with Crippen molar-refractivity contribution < 1.29 is 13.9 Å². The Morgan fingerprint density at radius 2 is 1.92 bits per heavy atom. The molecule has 1 heterocycles. The fourth-order valence-corrected chi connectivity index (χ4v) is 1.90. The van der Waals surface area contributed by atoms with Crippen molar-refractivity contribution in [2.24, 2.45) is 0 Å². The van der Waals surface area contributed by atoms with Crippen LogP contribution in [0.15, 0.2) is 30.5 Å². The normalized spacial score (nSPS) is 10.2. The van der Waals surface area contributed by atoms with Crippen LogP contribution in [0.3, 0.4) is 0 Å². The van der Waals surface area contributed by atoms with Crippen molar-refractivity contribution in [2.45, 2.75) is 0 Å². The third kappa shape index (κ3) is 4.31. The number of hydrogen-bond acceptors (Lipinski definition) is 6. The summed E-state index contributed by atoms with van der Waals surface area (Å²) >= 11 is 0. The SMILES string of the molecule is CN(C)c1ncc(NC(=O)COc2ccccc2F)c(N(C)C)n1. The Morgan fingerprint density at radius 3 is 2.54 bits per heavy atom. The van der Waals surface area contributed by atoms with Gasteiger partial charge in [0.1, 0.15) is 5.69 Å². The molecule has 1 aromatic heterocycles. The van der Waals surface area contributed by atoms with E-state index in [1.54, 1.807) is 21.9 Å². The molecule has 0 saturated carbocycles. The molecule has 1 amide bonds. The molecular weight excluding hydrogens is 313 g/mol. The second-order valence-corrected chi connectivity index (χ2v) is 5.46. The van der Waals surface area contributed by atoms with E-state index in [9.17, 15) is 9.18 Å². The maximum absolute atomic E-state index is 13.5. The van der Waals surface area contributed by atoms with Gasteiger partial charge in [-0.05, 0) is 12.1 Å². The van der Waals surface area contributed by atoms with Gasteiger partial charge in [-0.15, -0.1) is 0 Å². The Balaban J connectivity index is 2.07. The first kappa shape index (κ1) is 17.5. The van der Waals surface area contributed by atoms with E-state index in [-0.39, 0.29) is 12.4 Å². The van der Waals surface area contributed by atoms with Crippen LogP contribution >= 0.6 is 0 Å². The molecule has 2 rings (SSSR count). The number of halogens is 1. The molecule has 0 spiro atoms. The van der Waals surface area contributed by atoms with E-state index in [4.69, 9.17) is 4.74 Å². The fraction of sp³-hybridized carbons (Fsp3) is 0.312. The van der Waals surface area contributed by atoms with E-state index >= 15 is 0 Å². The number of anilines is 3. The largest absolute Gasteiger partial charge is 0.481 e. The summed E-state index contributed by atoms with van der Waals surface area (Å²) in [6, 6.07) is 5.91. The lowest BCUT2D eigenvalue weighted by Crippen LogP contribution is -2.24. The molecule has 1 N–H and O–H groups in total. The van der Waals surface area contributed by atoms with Crippen molar-refractivity contribution in [2.75, 3.05) is 49.9 Å². The summed E-state index contributed by atoms with van der Waals surface area (Å²) in [5, 5.41) is 2.68. The lowest BCUT2D eigenvalue weighted by Gasteiger charge is -2.19. The first-order valence-electron chi connectivity index (χ1n) is 7.27. The fourth-order valence-electron chi connectivity index (χ4n) is 1.90. The Kier molecular flexibility index (Phi) is 5.51. The smallest absolute Gasteiger partial charge is 0.262 e. The lowest BCUT2D eigenvalue weighted by atomic mass is 10.3. The summed E-state index contributed by atoms with van der Waals surface area (Å²) in [6.45, 7) is -0.316. The Morgan fingerprint density at radius 1 is 1.21 bits per heavy atom. The molecule has 0 aliphatic heterocycles. The van der Waals surface area contributed by atoms with Crippen LogP contribution in [-0.4, -0.2) is 50.7 Å². The predicted octanol–water partition coefficient (Wildman–Crippen LogP) is 1.77. The minimum atomic E-state index is -0.516. The zero-order chi connectivity index (χ0) is 17.7. The van der Waals surface area contributed by atoms with Crippen LogP contribution < -0.4 is 19.9 Å². The van der Waals surface area contributed by atoms with E-state index in [0.717, 1.165) is 0 Å². The Labute approximate surface area is 140 Å². The van der Waals surface area contributed by atoms with Crippen molar-refractivity contribution in [3.05, 3.63) is 36.3 Å². The number of hydrogen-bond donors (Lipinski definition) is 1. The molecule has 0 unspecified atom stereocenters. The van der Waals surface area contributed by atoms with Crippen LogP contribution in [0.2, 0.25) is 0 Å². The molecule has 1 aromatic carbocycles. The van der Waals surface area contributed by atoms with Crippen LogP contribution in [0.5, 0.6) is 5.75 Å². The predicted molar refractivity (Wildman–Crippen MR) is 91.2 cm³/mol. The molecule has 0 aliphatic rings. The molecule has 0 aliphatic carbocycles. The minimum Gasteiger partial charge on any atom is -0.481 e. The van der Waals surface area contributed by atoms with Gasteiger partial charge in [-0.1, -0.05) is 12.1 Å². The highest BCUT2D eigenvalue weighted by Crippen LogP contribution is 2.23. The molecule has 0 atom stereocenters. The molecule has 8 heteroatoms. The summed E-state index contributed by atoms with van der Waals surface area (Å²) in [5.74, 6) is 0.174. The van der Waals surface area contributed by atoms with Gasteiger partial charge in [-0.3, -0.25) is 4.79 Å². The molecular formula is C16H20FN5O2. The van der Waals surface area contributed by atoms with Gasteiger partial charge in [-0.2, -0.15) is 4.98 Å². The number of ether oxygens (including phenoxy) is 1. The molecule has 0 radical (unpaired) electrons. The molecule has 128 valence electrons. The van der Waals surface area contributed by atoms with Crippen molar-refractivity contribution in [3.8, 4) is 5.75 Å². The maximum atomic E-state index is 13.5. The molecule has 24 heavy (non-hydrogen) atoms. The van der Waals surface area contributed by atoms with Crippen LogP contribution in [0.1, 0.15) is 0 Å². The van der Waals surface area contributed by atoms with Crippen LogP contribution in [-0.2, 0) is 4.79 Å². The van der Waals surface area contributed by atoms with Gasteiger partial charge >= 0.3 is 0 Å². The van der Waals surface area contributed by atoms with E-state index in [2.05, 4.69) is 15.3 Å². The van der Waals surface area contributed by atoms with E-state index in [1.807, 2.05) is 28.2 Å². The number of para-hydroxylation sites is 1. The maximum Gasteiger partial charge on any atom is 0.262 e. The van der Waals surface area contributed by atoms with Gasteiger partial charge in [0.15, 0.2) is 24.0 Å². The van der Waals surface area contributed by atoms with Crippen molar-refractivity contribution in [3.63, 3.8) is 0 Å². The first-order valence-corrected chi connectivity index (χ1v) is 7.27. The molecule has 0 fully saturated rings. The summed E-state index contributed by atoms with van der Waals surface area (Å²) < 4.78 is 18.7. The number of aromatic nitrogens is 2. The third-order valence-electron chi connectivity index (χ3n) is 3.05. The molecule has 0 bridgehead atoms. The quantitative estimate of drug-likeness (QED) is 0.869. The number of carbonyl (C=O) groups is 1. The zero-order valence-electron chi connectivity index (χ0n) is 14.1. The summed E-state index contributed by atoms with van der Waals surface area (Å²) in [5.41, 5.74) is 0.452. The highest BCUT2D eigenvalue weighted by atomic mass is 19.1. The van der Waals surface area contributed by atoms with Gasteiger partial charge in [-0.25, -0.2) is 9.37 Å². The number of amides is 1. The topological polar surface area (TPSA) is 70.6 Å². The highest BCUT2D eigenvalue weighted by molar-refractivity contribution is 5.94. The Bertz CT molecular complexity index is 721. The monoisotopic (exact) mass is 333 g/mol. The van der Waals surface area contributed by atoms with Gasteiger partial charge in [0.05, 0.1) is 6.20 Å². The average molecular weight is 333 g/mol. The standard InChI is InChI=1S/C16H20FN5O2/c1-21(2)15-12(9-18-16(20-15)22(3)4)19-14(23)10-24-13-8-6-5-7-11(13)17/h5-9H,10H2,1-4H3,(H,19,23). The second-order valence-electron chi connectivity index (χ2n) is 5.46. The number of rotatable bonds is 6. The number of carbonyl (C=O) groups excluding carboxylic acids is 1. The second kappa shape index (κ2) is 7.58.